The highest BCUT2D eigenvalue weighted by atomic mass is 16.7. The predicted molar refractivity (Wildman–Crippen MR) is 197 cm³/mol. The lowest BCUT2D eigenvalue weighted by molar-refractivity contribution is -0.298. The van der Waals surface area contributed by atoms with Crippen LogP contribution in [0.1, 0.15) is 100 Å². The van der Waals surface area contributed by atoms with Gasteiger partial charge in [-0.2, -0.15) is 0 Å². The fourth-order valence-electron chi connectivity index (χ4n) is 8.39. The van der Waals surface area contributed by atoms with Gasteiger partial charge < -0.3 is 44.4 Å². The van der Waals surface area contributed by atoms with Crippen LogP contribution in [-0.4, -0.2) is 132 Å². The van der Waals surface area contributed by atoms with E-state index in [1.807, 2.05) is 32.7 Å². The molecule has 3 heterocycles. The molecule has 0 unspecified atom stereocenters. The van der Waals surface area contributed by atoms with Crippen molar-refractivity contribution in [1.29, 1.82) is 0 Å². The Morgan fingerprint density at radius 1 is 1.10 bits per heavy atom. The number of methoxy groups -OCH3 is 1. The maximum Gasteiger partial charge on any atom is 0.316 e. The maximum atomic E-state index is 14.3. The van der Waals surface area contributed by atoms with Crippen LogP contribution in [0.25, 0.3) is 0 Å². The Morgan fingerprint density at radius 3 is 2.35 bits per heavy atom. The van der Waals surface area contributed by atoms with Crippen molar-refractivity contribution in [2.45, 2.75) is 160 Å². The minimum Gasteiger partial charge on any atom is -0.459 e. The van der Waals surface area contributed by atoms with Crippen molar-refractivity contribution in [3.05, 3.63) is 0 Å². The van der Waals surface area contributed by atoms with Crippen LogP contribution in [0.15, 0.2) is 5.16 Å². The van der Waals surface area contributed by atoms with E-state index < -0.39 is 77.3 Å². The standard InChI is InChI=1S/C39H67N3O10/c1-12-16-19-42(10)29-20-24(6)49-37(33(29)44)51-35-26(8)32(43)27(9)36(46)50-30(13-2)39(47,15-4)34(45)25(7)31(41-52-28-17-18-40-22-28)23(5)21-38(35,14-3)48-11/h1,23-30,33-35,37,40,44-45,47H,13-22H2,2-11H3/b41-31+/t23-,24-,25+,26+,27-,28-,29+,30-,33-,34-,35-,37+,38-,39-/m1/s1. The van der Waals surface area contributed by atoms with Crippen molar-refractivity contribution in [3.8, 4) is 12.3 Å². The first-order valence-corrected chi connectivity index (χ1v) is 19.3. The third-order valence-corrected chi connectivity index (χ3v) is 12.0. The van der Waals surface area contributed by atoms with Crippen LogP contribution in [0.3, 0.4) is 0 Å². The number of ether oxygens (including phenoxy) is 4. The number of carbonyl (C=O) groups excluding carboxylic acids is 2. The number of aliphatic hydroxyl groups is 3. The molecule has 52 heavy (non-hydrogen) atoms. The van der Waals surface area contributed by atoms with E-state index in [9.17, 15) is 24.9 Å². The molecule has 3 saturated heterocycles. The van der Waals surface area contributed by atoms with Crippen LogP contribution in [0.2, 0.25) is 0 Å². The Morgan fingerprint density at radius 2 is 1.79 bits per heavy atom. The van der Waals surface area contributed by atoms with E-state index in [1.54, 1.807) is 34.8 Å². The van der Waals surface area contributed by atoms with Crippen LogP contribution in [0.4, 0.5) is 0 Å². The van der Waals surface area contributed by atoms with Crippen LogP contribution in [-0.2, 0) is 33.4 Å². The fraction of sp³-hybridized carbons (Fsp3) is 0.872. The number of rotatable bonds is 11. The number of aliphatic hydroxyl groups excluding tert-OH is 2. The zero-order valence-electron chi connectivity index (χ0n) is 33.2. The van der Waals surface area contributed by atoms with E-state index in [4.69, 9.17) is 30.2 Å². The van der Waals surface area contributed by atoms with E-state index in [1.165, 1.54) is 6.92 Å². The molecule has 4 N–H and O–H groups in total. The number of hydrogen-bond acceptors (Lipinski definition) is 13. The molecule has 14 atom stereocenters. The second-order valence-electron chi connectivity index (χ2n) is 15.4. The lowest BCUT2D eigenvalue weighted by atomic mass is 9.72. The number of ketones is 1. The summed E-state index contributed by atoms with van der Waals surface area (Å²) in [7, 11) is 3.46. The Bertz CT molecular complexity index is 1230. The third kappa shape index (κ3) is 9.74. The largest absolute Gasteiger partial charge is 0.459 e. The summed E-state index contributed by atoms with van der Waals surface area (Å²) in [5, 5.41) is 43.6. The van der Waals surface area contributed by atoms with Crippen molar-refractivity contribution in [1.82, 2.24) is 10.2 Å². The molecular weight excluding hydrogens is 670 g/mol. The first kappa shape index (κ1) is 44.2. The smallest absolute Gasteiger partial charge is 0.316 e. The highest BCUT2D eigenvalue weighted by molar-refractivity contribution is 6.00. The van der Waals surface area contributed by atoms with Crippen molar-refractivity contribution < 1.29 is 48.7 Å². The topological polar surface area (TPSA) is 169 Å². The fourth-order valence-corrected chi connectivity index (χ4v) is 8.39. The summed E-state index contributed by atoms with van der Waals surface area (Å²) < 4.78 is 25.3. The molecule has 3 aliphatic rings. The van der Waals surface area contributed by atoms with Gasteiger partial charge in [0.15, 0.2) is 12.1 Å². The van der Waals surface area contributed by atoms with Gasteiger partial charge in [-0.15, -0.1) is 12.3 Å². The number of carbonyl (C=O) groups is 2. The normalized spacial score (nSPS) is 42.1. The van der Waals surface area contributed by atoms with Crippen molar-refractivity contribution in [3.63, 3.8) is 0 Å². The number of oxime groups is 1. The Hall–Kier alpha value is -2.15. The number of nitrogens with one attached hydrogen (secondary N) is 1. The van der Waals surface area contributed by atoms with Gasteiger partial charge in [0, 0.05) is 56.8 Å². The van der Waals surface area contributed by atoms with Gasteiger partial charge in [0.1, 0.15) is 29.8 Å². The predicted octanol–water partition coefficient (Wildman–Crippen LogP) is 3.06. The van der Waals surface area contributed by atoms with Gasteiger partial charge >= 0.3 is 5.97 Å². The van der Waals surface area contributed by atoms with Crippen LogP contribution in [0, 0.1) is 36.0 Å². The molecule has 0 aromatic carbocycles. The molecule has 0 aliphatic carbocycles. The van der Waals surface area contributed by atoms with Crippen molar-refractivity contribution in [2.75, 3.05) is 33.8 Å². The zero-order chi connectivity index (χ0) is 39.0. The molecule has 0 radical (unpaired) electrons. The Kier molecular flexibility index (Phi) is 16.5. The highest BCUT2D eigenvalue weighted by Crippen LogP contribution is 2.41. The van der Waals surface area contributed by atoms with Gasteiger partial charge in [0.25, 0.3) is 0 Å². The molecule has 3 fully saturated rings. The van der Waals surface area contributed by atoms with Gasteiger partial charge in [-0.3, -0.25) is 14.5 Å². The van der Waals surface area contributed by atoms with Gasteiger partial charge in [-0.25, -0.2) is 0 Å². The molecule has 3 aliphatic heterocycles. The molecule has 0 aromatic heterocycles. The number of terminal acetylenes is 1. The van der Waals surface area contributed by atoms with Crippen LogP contribution < -0.4 is 5.32 Å². The van der Waals surface area contributed by atoms with E-state index in [0.717, 1.165) is 13.0 Å². The molecule has 0 spiro atoms. The quantitative estimate of drug-likeness (QED) is 0.106. The monoisotopic (exact) mass is 737 g/mol. The SMILES string of the molecule is C#CCCN(C)[C@H]1C[C@@H](C)O[C@@H](O[C@@H]2[C@@H](C)C(=O)[C@@H](C)C(=O)O[C@H](CC)[C@](O)(CC)[C@H](O)[C@@H](C)/C(=N/O[C@@H]3CCNC3)[C@H](C)C[C@@]2(CC)OC)[C@@H]1O. The molecule has 0 bridgehead atoms. The minimum atomic E-state index is -1.85. The summed E-state index contributed by atoms with van der Waals surface area (Å²) in [6.45, 7) is 16.2. The number of Topliss-reactive ketones (excluding diaryl/α,β-unsaturated/α-hetero) is 1. The van der Waals surface area contributed by atoms with E-state index >= 15 is 0 Å². The van der Waals surface area contributed by atoms with E-state index in [-0.39, 0.29) is 37.5 Å². The molecule has 298 valence electrons. The summed E-state index contributed by atoms with van der Waals surface area (Å²) >= 11 is 0. The minimum absolute atomic E-state index is 0.0754. The van der Waals surface area contributed by atoms with Gasteiger partial charge in [-0.05, 0) is 59.5 Å². The molecular formula is C39H67N3O10. The molecule has 0 amide bonds. The number of cyclic esters (lactones) is 1. The number of hydrogen-bond donors (Lipinski definition) is 4. The van der Waals surface area contributed by atoms with Crippen molar-refractivity contribution >= 4 is 17.5 Å². The van der Waals surface area contributed by atoms with Crippen LogP contribution >= 0.6 is 0 Å². The summed E-state index contributed by atoms with van der Waals surface area (Å²) in [6.07, 6.45) is 2.06. The summed E-state index contributed by atoms with van der Waals surface area (Å²) in [6, 6.07) is -0.329. The van der Waals surface area contributed by atoms with Crippen molar-refractivity contribution in [2.24, 2.45) is 28.8 Å². The average molecular weight is 738 g/mol. The molecule has 0 aromatic rings. The lowest BCUT2D eigenvalue weighted by Crippen LogP contribution is -2.61. The molecule has 13 heteroatoms. The first-order valence-electron chi connectivity index (χ1n) is 19.3. The summed E-state index contributed by atoms with van der Waals surface area (Å²) in [4.78, 5) is 36.1. The van der Waals surface area contributed by atoms with E-state index in [0.29, 0.717) is 38.1 Å². The number of nitrogens with zero attached hydrogens (tertiary/aromatic N) is 2. The summed E-state index contributed by atoms with van der Waals surface area (Å²) in [5.74, 6) is -1.95. The van der Waals surface area contributed by atoms with Crippen LogP contribution in [0.5, 0.6) is 0 Å². The van der Waals surface area contributed by atoms with Gasteiger partial charge in [0.05, 0.1) is 29.6 Å². The average Bonchev–Trinajstić information content (AvgIpc) is 3.67. The summed E-state index contributed by atoms with van der Waals surface area (Å²) in [5.41, 5.74) is -2.53. The number of likely N-dealkylation sites (N-methyl/N-ethyl adjacent to an activating group) is 1. The number of esters is 1. The molecule has 3 rings (SSSR count). The highest BCUT2D eigenvalue weighted by Gasteiger charge is 2.53. The molecule has 13 nitrogen and oxygen atoms in total. The van der Waals surface area contributed by atoms with Gasteiger partial charge in [0.2, 0.25) is 0 Å². The maximum absolute atomic E-state index is 14.3. The zero-order valence-corrected chi connectivity index (χ0v) is 33.2. The third-order valence-electron chi connectivity index (χ3n) is 12.0. The first-order chi connectivity index (χ1) is 24.5. The van der Waals surface area contributed by atoms with Gasteiger partial charge in [-0.1, -0.05) is 46.7 Å². The second-order valence-corrected chi connectivity index (χ2v) is 15.4. The Labute approximate surface area is 311 Å². The Balaban J connectivity index is 2.18. The second kappa shape index (κ2) is 19.4. The molecule has 0 saturated carbocycles. The lowest BCUT2D eigenvalue weighted by Gasteiger charge is -2.48. The van der Waals surface area contributed by atoms with E-state index in [2.05, 4.69) is 16.4 Å².